The molecule has 1 aromatic carbocycles. The molecule has 1 aromatic rings. The second-order valence-corrected chi connectivity index (χ2v) is 11.9. The molecule has 0 aliphatic rings. The van der Waals surface area contributed by atoms with Gasteiger partial charge in [-0.25, -0.2) is 0 Å². The minimum Gasteiger partial charge on any atom is -0.0776 e. The van der Waals surface area contributed by atoms with Gasteiger partial charge < -0.3 is 0 Å². The zero-order chi connectivity index (χ0) is 22.8. The van der Waals surface area contributed by atoms with E-state index < -0.39 is 0 Å². The van der Waals surface area contributed by atoms with Crippen LogP contribution in [0.5, 0.6) is 0 Å². The number of hydrogen-bond acceptors (Lipinski definition) is 0. The largest absolute Gasteiger partial charge is 0.0776 e. The monoisotopic (exact) mass is 451 g/mol. The van der Waals surface area contributed by atoms with Gasteiger partial charge in [-0.1, -0.05) is 130 Å². The van der Waals surface area contributed by atoms with Crippen molar-refractivity contribution in [3.63, 3.8) is 0 Å². The summed E-state index contributed by atoms with van der Waals surface area (Å²) in [5.74, 6) is 4.59. The molecular formula is C32H66. The first-order chi connectivity index (χ1) is 13.3. The summed E-state index contributed by atoms with van der Waals surface area (Å²) in [4.78, 5) is 0. The van der Waals surface area contributed by atoms with Crippen molar-refractivity contribution in [1.82, 2.24) is 0 Å². The lowest BCUT2D eigenvalue weighted by Crippen LogP contribution is -2.29. The Labute approximate surface area is 207 Å². The average molecular weight is 451 g/mol. The van der Waals surface area contributed by atoms with Crippen LogP contribution >= 0.6 is 0 Å². The molecular weight excluding hydrogens is 384 g/mol. The molecule has 32 heavy (non-hydrogen) atoms. The van der Waals surface area contributed by atoms with Gasteiger partial charge in [0.2, 0.25) is 0 Å². The van der Waals surface area contributed by atoms with Crippen LogP contribution in [0.1, 0.15) is 154 Å². The topological polar surface area (TPSA) is 0 Å². The van der Waals surface area contributed by atoms with Crippen LogP contribution in [0.15, 0.2) is 24.3 Å². The first-order valence-corrected chi connectivity index (χ1v) is 12.4. The lowest BCUT2D eigenvalue weighted by Gasteiger charge is -2.40. The summed E-state index contributed by atoms with van der Waals surface area (Å²) in [7, 11) is 0. The van der Waals surface area contributed by atoms with Gasteiger partial charge >= 0.3 is 0 Å². The van der Waals surface area contributed by atoms with Crippen molar-refractivity contribution in [2.24, 2.45) is 29.1 Å². The van der Waals surface area contributed by atoms with E-state index in [1.54, 1.807) is 0 Å². The molecule has 0 N–H and O–H groups in total. The molecule has 0 bridgehead atoms. The van der Waals surface area contributed by atoms with Gasteiger partial charge in [0.1, 0.15) is 0 Å². The van der Waals surface area contributed by atoms with Gasteiger partial charge in [0.05, 0.1) is 0 Å². The third-order valence-corrected chi connectivity index (χ3v) is 5.63. The summed E-state index contributed by atoms with van der Waals surface area (Å²) in [6.07, 6.45) is 5.62. The summed E-state index contributed by atoms with van der Waals surface area (Å²) in [5.41, 5.74) is 3.45. The van der Waals surface area contributed by atoms with E-state index in [0.29, 0.717) is 17.3 Å². The Kier molecular flexibility index (Phi) is 22.4. The Bertz CT molecular complexity index is 441. The maximum absolute atomic E-state index is 2.38. The molecule has 0 fully saturated rings. The van der Waals surface area contributed by atoms with E-state index in [1.807, 2.05) is 0 Å². The van der Waals surface area contributed by atoms with Gasteiger partial charge in [-0.2, -0.15) is 0 Å². The fourth-order valence-electron chi connectivity index (χ4n) is 5.23. The highest BCUT2D eigenvalue weighted by molar-refractivity contribution is 5.26. The van der Waals surface area contributed by atoms with Gasteiger partial charge in [0.15, 0.2) is 0 Å². The molecule has 0 atom stereocenters. The zero-order valence-corrected chi connectivity index (χ0v) is 22.1. The second kappa shape index (κ2) is 18.6. The molecule has 0 heteroatoms. The minimum atomic E-state index is 0. The van der Waals surface area contributed by atoms with Crippen LogP contribution in [0.2, 0.25) is 0 Å². The van der Waals surface area contributed by atoms with Gasteiger partial charge in [-0.3, -0.25) is 0 Å². The average Bonchev–Trinajstić information content (AvgIpc) is 2.52. The molecule has 194 valence electrons. The molecule has 0 aliphatic carbocycles. The Morgan fingerprint density at radius 1 is 0.438 bits per heavy atom. The van der Waals surface area contributed by atoms with Crippen molar-refractivity contribution in [2.45, 2.75) is 143 Å². The highest BCUT2D eigenvalue weighted by Crippen LogP contribution is 2.44. The van der Waals surface area contributed by atoms with E-state index in [4.69, 9.17) is 0 Å². The molecule has 1 rings (SSSR count). The van der Waals surface area contributed by atoms with Crippen LogP contribution in [-0.2, 0) is 0 Å². The molecule has 0 saturated heterocycles. The zero-order valence-electron chi connectivity index (χ0n) is 22.1. The standard InChI is InChI=1S/C17H36.C12H18.3CH4/c1-13(2)9-17(10-14(3)4,11-15(5)6)12-16(7)8;1-9(2)11-5-7-12(8-6-11)10(3)4;;;/h13-16H,9-12H2,1-8H3;5-10H,1-4H3;3*1H4. The van der Waals surface area contributed by atoms with E-state index in [2.05, 4.69) is 107 Å². The maximum atomic E-state index is 2.38. The Hall–Kier alpha value is -0.780. The predicted molar refractivity (Wildman–Crippen MR) is 155 cm³/mol. The summed E-state index contributed by atoms with van der Waals surface area (Å²) in [5, 5.41) is 0. The van der Waals surface area contributed by atoms with Crippen molar-refractivity contribution >= 4 is 0 Å². The third-order valence-electron chi connectivity index (χ3n) is 5.63. The lowest BCUT2D eigenvalue weighted by molar-refractivity contribution is 0.111. The molecule has 0 aliphatic heterocycles. The second-order valence-electron chi connectivity index (χ2n) is 11.9. The smallest absolute Gasteiger partial charge is 0.0219 e. The molecule has 0 saturated carbocycles. The summed E-state index contributed by atoms with van der Waals surface area (Å²) >= 11 is 0. The van der Waals surface area contributed by atoms with Crippen molar-refractivity contribution in [3.8, 4) is 0 Å². The van der Waals surface area contributed by atoms with Crippen LogP contribution in [0, 0.1) is 29.1 Å². The molecule has 0 amide bonds. The van der Waals surface area contributed by atoms with Gasteiger partial charge in [-0.05, 0) is 77.7 Å². The number of benzene rings is 1. The van der Waals surface area contributed by atoms with E-state index in [0.717, 1.165) is 23.7 Å². The van der Waals surface area contributed by atoms with Crippen LogP contribution in [0.25, 0.3) is 0 Å². The highest BCUT2D eigenvalue weighted by atomic mass is 14.4. The van der Waals surface area contributed by atoms with Crippen molar-refractivity contribution < 1.29 is 0 Å². The summed E-state index contributed by atoms with van der Waals surface area (Å²) in [6.45, 7) is 28.0. The number of rotatable bonds is 10. The molecule has 0 unspecified atom stereocenters. The van der Waals surface area contributed by atoms with E-state index in [-0.39, 0.29) is 22.3 Å². The highest BCUT2D eigenvalue weighted by Gasteiger charge is 2.33. The van der Waals surface area contributed by atoms with Gasteiger partial charge in [-0.15, -0.1) is 0 Å². The normalized spacial score (nSPS) is 11.3. The molecule has 0 radical (unpaired) electrons. The molecule has 0 heterocycles. The predicted octanol–water partition coefficient (Wildman–Crippen LogP) is 12.0. The van der Waals surface area contributed by atoms with Crippen molar-refractivity contribution in [2.75, 3.05) is 0 Å². The van der Waals surface area contributed by atoms with Gasteiger partial charge in [0.25, 0.3) is 0 Å². The molecule has 0 aromatic heterocycles. The van der Waals surface area contributed by atoms with E-state index in [9.17, 15) is 0 Å². The van der Waals surface area contributed by atoms with Crippen LogP contribution in [-0.4, -0.2) is 0 Å². The SMILES string of the molecule is C.C.C.CC(C)CC(CC(C)C)(CC(C)C)CC(C)C.CC(C)c1ccc(C(C)C)cc1. The third kappa shape index (κ3) is 16.8. The maximum Gasteiger partial charge on any atom is -0.0219 e. The Morgan fingerprint density at radius 3 is 0.750 bits per heavy atom. The van der Waals surface area contributed by atoms with Crippen LogP contribution in [0.4, 0.5) is 0 Å². The lowest BCUT2D eigenvalue weighted by atomic mass is 9.65. The quantitative estimate of drug-likeness (QED) is 0.332. The first-order valence-electron chi connectivity index (χ1n) is 12.4. The van der Waals surface area contributed by atoms with Gasteiger partial charge in [0, 0.05) is 0 Å². The molecule has 0 nitrogen and oxygen atoms in total. The van der Waals surface area contributed by atoms with Crippen LogP contribution < -0.4 is 0 Å². The first kappa shape index (κ1) is 38.5. The fraction of sp³-hybridized carbons (Fsp3) is 0.812. The number of hydrogen-bond donors (Lipinski definition) is 0. The van der Waals surface area contributed by atoms with E-state index in [1.165, 1.54) is 36.8 Å². The summed E-state index contributed by atoms with van der Waals surface area (Å²) < 4.78 is 0. The van der Waals surface area contributed by atoms with Crippen molar-refractivity contribution in [3.05, 3.63) is 35.4 Å². The minimum absolute atomic E-state index is 0. The van der Waals surface area contributed by atoms with Crippen LogP contribution in [0.3, 0.4) is 0 Å². The van der Waals surface area contributed by atoms with Crippen molar-refractivity contribution in [1.29, 1.82) is 0 Å². The Morgan fingerprint density at radius 2 is 0.625 bits per heavy atom. The fourth-order valence-corrected chi connectivity index (χ4v) is 5.23. The van der Waals surface area contributed by atoms with E-state index >= 15 is 0 Å². The molecule has 0 spiro atoms. The summed E-state index contributed by atoms with van der Waals surface area (Å²) in [6, 6.07) is 8.94. The Balaban J connectivity index is -0.000000233.